The van der Waals surface area contributed by atoms with Crippen molar-refractivity contribution in [3.05, 3.63) is 89.7 Å². The lowest BCUT2D eigenvalue weighted by Gasteiger charge is -2.31. The van der Waals surface area contributed by atoms with Gasteiger partial charge in [0.1, 0.15) is 12.1 Å². The van der Waals surface area contributed by atoms with E-state index >= 15 is 0 Å². The van der Waals surface area contributed by atoms with E-state index in [4.69, 9.17) is 14.2 Å². The van der Waals surface area contributed by atoms with E-state index in [2.05, 4.69) is 34.6 Å². The predicted molar refractivity (Wildman–Crippen MR) is 137 cm³/mol. The van der Waals surface area contributed by atoms with E-state index in [0.717, 1.165) is 11.1 Å². The minimum absolute atomic E-state index is 0.106. The van der Waals surface area contributed by atoms with Crippen LogP contribution >= 0.6 is 0 Å². The number of aromatic nitrogens is 1. The zero-order valence-electron chi connectivity index (χ0n) is 21.0. The summed E-state index contributed by atoms with van der Waals surface area (Å²) in [6.07, 6.45) is 2.23. The number of carbonyl (C=O) groups is 2. The van der Waals surface area contributed by atoms with Gasteiger partial charge in [-0.05, 0) is 30.9 Å². The van der Waals surface area contributed by atoms with E-state index in [-0.39, 0.29) is 36.5 Å². The number of rotatable bonds is 7. The van der Waals surface area contributed by atoms with E-state index in [1.165, 1.54) is 19.4 Å². The van der Waals surface area contributed by atoms with E-state index in [9.17, 15) is 14.7 Å². The first-order valence-corrected chi connectivity index (χ1v) is 12.4. The zero-order chi connectivity index (χ0) is 26.2. The molecule has 3 aromatic rings. The predicted octanol–water partition coefficient (Wildman–Crippen LogP) is 3.72. The molecule has 8 nitrogen and oxygen atoms in total. The van der Waals surface area contributed by atoms with Gasteiger partial charge in [0.2, 0.25) is 0 Å². The fourth-order valence-corrected chi connectivity index (χ4v) is 4.60. The van der Waals surface area contributed by atoms with Crippen LogP contribution in [0.15, 0.2) is 72.9 Å². The summed E-state index contributed by atoms with van der Waals surface area (Å²) in [6.45, 7) is 2.11. The maximum atomic E-state index is 13.2. The number of hydrogen-bond acceptors (Lipinski definition) is 7. The molecule has 2 aromatic carbocycles. The maximum absolute atomic E-state index is 13.2. The summed E-state index contributed by atoms with van der Waals surface area (Å²) in [4.78, 5) is 30.0. The summed E-state index contributed by atoms with van der Waals surface area (Å²) in [7, 11) is 1.38. The molecule has 1 aliphatic rings. The van der Waals surface area contributed by atoms with Crippen LogP contribution in [0.1, 0.15) is 35.0 Å². The molecular formula is C29H32N2O6. The summed E-state index contributed by atoms with van der Waals surface area (Å²) >= 11 is 0. The standard InChI is InChI=1S/C29H32N2O6/c1-19-22(17-20-9-5-3-6-10-20)25(18-21-11-7-4-8-12-21)36-16-14-23(29(34)37-19)31-28(33)26-27(32)24(35-2)13-15-30-26/h3-13,15,19,22-23,25,32H,14,16-18H2,1-2H3,(H,31,33)/t19-,22-,23-,25+/m0/s1. The lowest BCUT2D eigenvalue weighted by Crippen LogP contribution is -2.44. The quantitative estimate of drug-likeness (QED) is 0.472. The number of hydrogen-bond donors (Lipinski definition) is 2. The highest BCUT2D eigenvalue weighted by Crippen LogP contribution is 2.29. The second-order valence-corrected chi connectivity index (χ2v) is 9.12. The molecular weight excluding hydrogens is 472 g/mol. The van der Waals surface area contributed by atoms with Crippen LogP contribution in [0.4, 0.5) is 0 Å². The van der Waals surface area contributed by atoms with Crippen molar-refractivity contribution in [1.29, 1.82) is 0 Å². The van der Waals surface area contributed by atoms with Crippen molar-refractivity contribution in [2.45, 2.75) is 44.4 Å². The van der Waals surface area contributed by atoms with Crippen LogP contribution in [0, 0.1) is 5.92 Å². The van der Waals surface area contributed by atoms with Crippen molar-refractivity contribution in [3.63, 3.8) is 0 Å². The average molecular weight is 505 g/mol. The fraction of sp³-hybridized carbons (Fsp3) is 0.345. The molecule has 0 saturated carbocycles. The first kappa shape index (κ1) is 26.2. The van der Waals surface area contributed by atoms with Gasteiger partial charge in [0.15, 0.2) is 17.2 Å². The third-order valence-corrected chi connectivity index (χ3v) is 6.63. The molecule has 1 saturated heterocycles. The number of esters is 1. The van der Waals surface area contributed by atoms with Crippen molar-refractivity contribution in [3.8, 4) is 11.5 Å². The summed E-state index contributed by atoms with van der Waals surface area (Å²) in [6, 6.07) is 20.6. The number of pyridine rings is 1. The van der Waals surface area contributed by atoms with Crippen molar-refractivity contribution >= 4 is 11.9 Å². The van der Waals surface area contributed by atoms with Gasteiger partial charge < -0.3 is 24.6 Å². The molecule has 194 valence electrons. The molecule has 1 amide bonds. The van der Waals surface area contributed by atoms with Crippen LogP contribution in [-0.2, 0) is 27.1 Å². The summed E-state index contributed by atoms with van der Waals surface area (Å²) in [5.41, 5.74) is 2.03. The molecule has 37 heavy (non-hydrogen) atoms. The van der Waals surface area contributed by atoms with Crippen LogP contribution < -0.4 is 10.1 Å². The molecule has 0 spiro atoms. The van der Waals surface area contributed by atoms with Gasteiger partial charge in [-0.1, -0.05) is 60.7 Å². The normalized spacial score (nSPS) is 22.2. The van der Waals surface area contributed by atoms with E-state index in [1.54, 1.807) is 0 Å². The second kappa shape index (κ2) is 12.4. The molecule has 8 heteroatoms. The van der Waals surface area contributed by atoms with Gasteiger partial charge in [-0.3, -0.25) is 4.79 Å². The van der Waals surface area contributed by atoms with E-state index in [0.29, 0.717) is 12.8 Å². The van der Waals surface area contributed by atoms with Crippen LogP contribution in [0.25, 0.3) is 0 Å². The number of aromatic hydroxyl groups is 1. The van der Waals surface area contributed by atoms with Crippen LogP contribution in [0.3, 0.4) is 0 Å². The second-order valence-electron chi connectivity index (χ2n) is 9.12. The number of carbonyl (C=O) groups excluding carboxylic acids is 2. The number of methoxy groups -OCH3 is 1. The number of ether oxygens (including phenoxy) is 3. The Balaban J connectivity index is 1.54. The minimum Gasteiger partial charge on any atom is -0.503 e. The molecule has 1 aliphatic heterocycles. The molecule has 0 bridgehead atoms. The Morgan fingerprint density at radius 2 is 1.70 bits per heavy atom. The van der Waals surface area contributed by atoms with Crippen LogP contribution in [0.5, 0.6) is 11.5 Å². The van der Waals surface area contributed by atoms with E-state index < -0.39 is 29.8 Å². The topological polar surface area (TPSA) is 107 Å². The third kappa shape index (κ3) is 6.65. The number of nitrogens with zero attached hydrogens (tertiary/aromatic N) is 1. The van der Waals surface area contributed by atoms with Gasteiger partial charge in [0, 0.05) is 31.2 Å². The van der Waals surface area contributed by atoms with Gasteiger partial charge in [-0.2, -0.15) is 0 Å². The monoisotopic (exact) mass is 504 g/mol. The van der Waals surface area contributed by atoms with E-state index in [1.807, 2.05) is 43.3 Å². The summed E-state index contributed by atoms with van der Waals surface area (Å²) in [5, 5.41) is 13.0. The number of cyclic esters (lactones) is 1. The third-order valence-electron chi connectivity index (χ3n) is 6.63. The first-order valence-electron chi connectivity index (χ1n) is 12.4. The van der Waals surface area contributed by atoms with Crippen LogP contribution in [0.2, 0.25) is 0 Å². The highest BCUT2D eigenvalue weighted by Gasteiger charge is 2.35. The van der Waals surface area contributed by atoms with Gasteiger partial charge in [0.25, 0.3) is 5.91 Å². The Kier molecular flexibility index (Phi) is 8.74. The first-order chi connectivity index (χ1) is 18.0. The van der Waals surface area contributed by atoms with Gasteiger partial charge in [-0.25, -0.2) is 9.78 Å². The number of benzene rings is 2. The lowest BCUT2D eigenvalue weighted by atomic mass is 9.86. The minimum atomic E-state index is -0.963. The molecule has 4 rings (SSSR count). The average Bonchev–Trinajstić information content (AvgIpc) is 2.95. The van der Waals surface area contributed by atoms with Gasteiger partial charge >= 0.3 is 5.97 Å². The Bertz CT molecular complexity index is 1190. The lowest BCUT2D eigenvalue weighted by molar-refractivity contribution is -0.154. The molecule has 2 N–H and O–H groups in total. The molecule has 0 aliphatic carbocycles. The molecule has 0 radical (unpaired) electrons. The van der Waals surface area contributed by atoms with Gasteiger partial charge in [-0.15, -0.1) is 0 Å². The molecule has 1 fully saturated rings. The highest BCUT2D eigenvalue weighted by atomic mass is 16.6. The molecule has 1 aromatic heterocycles. The van der Waals surface area contributed by atoms with Crippen molar-refractivity contribution in [1.82, 2.24) is 10.3 Å². The molecule has 2 heterocycles. The van der Waals surface area contributed by atoms with Crippen molar-refractivity contribution < 1.29 is 28.9 Å². The summed E-state index contributed by atoms with van der Waals surface area (Å²) in [5.74, 6) is -1.64. The Hall–Kier alpha value is -3.91. The maximum Gasteiger partial charge on any atom is 0.329 e. The Labute approximate surface area is 216 Å². The Morgan fingerprint density at radius 1 is 1.05 bits per heavy atom. The highest BCUT2D eigenvalue weighted by molar-refractivity contribution is 5.97. The van der Waals surface area contributed by atoms with Gasteiger partial charge in [0.05, 0.1) is 13.2 Å². The van der Waals surface area contributed by atoms with Crippen molar-refractivity contribution in [2.24, 2.45) is 5.92 Å². The summed E-state index contributed by atoms with van der Waals surface area (Å²) < 4.78 is 17.3. The molecule has 0 unspecified atom stereocenters. The smallest absolute Gasteiger partial charge is 0.329 e. The SMILES string of the molecule is COc1ccnc(C(=O)N[C@H]2CCO[C@H](Cc3ccccc3)[C@@H](Cc3ccccc3)[C@H](C)OC2=O)c1O. The zero-order valence-corrected chi connectivity index (χ0v) is 21.0. The molecule has 4 atom stereocenters. The number of nitrogens with one attached hydrogen (secondary N) is 1. The van der Waals surface area contributed by atoms with Crippen molar-refractivity contribution in [2.75, 3.05) is 13.7 Å². The largest absolute Gasteiger partial charge is 0.503 e. The Morgan fingerprint density at radius 3 is 2.35 bits per heavy atom. The number of amides is 1. The van der Waals surface area contributed by atoms with Crippen LogP contribution in [-0.4, -0.2) is 53.9 Å². The fourth-order valence-electron chi connectivity index (χ4n) is 4.60.